The molecule has 0 radical (unpaired) electrons. The molecule has 0 aromatic heterocycles. The van der Waals surface area contributed by atoms with Crippen molar-refractivity contribution in [1.29, 1.82) is 0 Å². The van der Waals surface area contributed by atoms with Gasteiger partial charge in [0.25, 0.3) is 0 Å². The summed E-state index contributed by atoms with van der Waals surface area (Å²) < 4.78 is 6.46. The van der Waals surface area contributed by atoms with Crippen LogP contribution in [0.15, 0.2) is 6.07 Å². The molecule has 3 unspecified atom stereocenters. The fourth-order valence-corrected chi connectivity index (χ4v) is 5.01. The number of benzene rings is 1. The number of hydrogen-bond donors (Lipinski definition) is 2. The van der Waals surface area contributed by atoms with E-state index in [0.29, 0.717) is 24.0 Å². The summed E-state index contributed by atoms with van der Waals surface area (Å²) in [5.41, 5.74) is 3.07. The van der Waals surface area contributed by atoms with Crippen LogP contribution >= 0.6 is 0 Å². The highest BCUT2D eigenvalue weighted by molar-refractivity contribution is 5.66. The average molecular weight is 330 g/mol. The van der Waals surface area contributed by atoms with E-state index >= 15 is 0 Å². The number of aryl methyl sites for hydroxylation is 1. The first kappa shape index (κ1) is 15.8. The lowest BCUT2D eigenvalue weighted by Crippen LogP contribution is -2.37. The largest absolute Gasteiger partial charge is 0.508 e. The summed E-state index contributed by atoms with van der Waals surface area (Å²) in [6.07, 6.45) is 8.23. The van der Waals surface area contributed by atoms with E-state index in [2.05, 4.69) is 0 Å². The van der Waals surface area contributed by atoms with Crippen molar-refractivity contribution in [3.05, 3.63) is 22.8 Å². The highest BCUT2D eigenvalue weighted by Gasteiger charge is 2.40. The fourth-order valence-electron chi connectivity index (χ4n) is 5.01. The van der Waals surface area contributed by atoms with Crippen molar-refractivity contribution in [2.75, 3.05) is 0 Å². The Labute approximate surface area is 142 Å². The number of phenols is 1. The van der Waals surface area contributed by atoms with Crippen molar-refractivity contribution >= 4 is 5.97 Å². The molecule has 0 amide bonds. The minimum absolute atomic E-state index is 0.137. The Morgan fingerprint density at radius 1 is 1.25 bits per heavy atom. The molecule has 5 rings (SSSR count). The molecule has 1 aliphatic heterocycles. The molecule has 1 heterocycles. The van der Waals surface area contributed by atoms with Crippen molar-refractivity contribution in [2.45, 2.75) is 82.1 Å². The van der Waals surface area contributed by atoms with Gasteiger partial charge in [-0.15, -0.1) is 0 Å². The van der Waals surface area contributed by atoms with E-state index in [0.717, 1.165) is 36.1 Å². The normalized spacial score (nSPS) is 30.9. The van der Waals surface area contributed by atoms with Gasteiger partial charge in [-0.1, -0.05) is 6.42 Å². The third-order valence-electron chi connectivity index (χ3n) is 6.34. The molecule has 0 saturated heterocycles. The monoisotopic (exact) mass is 330 g/mol. The maximum Gasteiger partial charge on any atom is 0.303 e. The van der Waals surface area contributed by atoms with Gasteiger partial charge in [0, 0.05) is 17.5 Å². The second-order valence-corrected chi connectivity index (χ2v) is 8.06. The molecule has 1 aromatic carbocycles. The molecule has 2 bridgehead atoms. The summed E-state index contributed by atoms with van der Waals surface area (Å²) in [7, 11) is 0. The van der Waals surface area contributed by atoms with Gasteiger partial charge in [0.2, 0.25) is 0 Å². The van der Waals surface area contributed by atoms with Crippen LogP contribution in [-0.4, -0.2) is 21.8 Å². The van der Waals surface area contributed by atoms with Crippen molar-refractivity contribution in [2.24, 2.45) is 0 Å². The molecule has 3 atom stereocenters. The van der Waals surface area contributed by atoms with Gasteiger partial charge >= 0.3 is 5.97 Å². The number of fused-ring (bicyclic) bond motifs is 4. The average Bonchev–Trinajstić information content (AvgIpc) is 2.89. The number of rotatable bonds is 3. The predicted octanol–water partition coefficient (Wildman–Crippen LogP) is 4.49. The highest BCUT2D eigenvalue weighted by atomic mass is 16.5. The quantitative estimate of drug-likeness (QED) is 0.857. The number of phenolic OH excluding ortho intramolecular Hbond substituents is 1. The summed E-state index contributed by atoms with van der Waals surface area (Å²) in [4.78, 5) is 11.0. The molecule has 4 nitrogen and oxygen atoms in total. The van der Waals surface area contributed by atoms with Gasteiger partial charge < -0.3 is 14.9 Å². The van der Waals surface area contributed by atoms with Crippen LogP contribution in [-0.2, 0) is 11.2 Å². The summed E-state index contributed by atoms with van der Waals surface area (Å²) >= 11 is 0. The zero-order valence-corrected chi connectivity index (χ0v) is 14.3. The van der Waals surface area contributed by atoms with E-state index in [1.54, 1.807) is 0 Å². The van der Waals surface area contributed by atoms with E-state index in [1.165, 1.54) is 31.2 Å². The zero-order chi connectivity index (χ0) is 16.9. The van der Waals surface area contributed by atoms with Gasteiger partial charge in [0.15, 0.2) is 0 Å². The molecule has 4 heteroatoms. The van der Waals surface area contributed by atoms with Crippen LogP contribution in [0.4, 0.5) is 0 Å². The molecule has 1 aromatic rings. The fraction of sp³-hybridized carbons (Fsp3) is 0.650. The summed E-state index contributed by atoms with van der Waals surface area (Å²) in [5, 5.41) is 19.6. The molecular formula is C20H26O4. The Hall–Kier alpha value is -1.71. The molecule has 4 aliphatic rings. The predicted molar refractivity (Wildman–Crippen MR) is 90.9 cm³/mol. The van der Waals surface area contributed by atoms with Crippen LogP contribution in [0.3, 0.4) is 0 Å². The van der Waals surface area contributed by atoms with E-state index < -0.39 is 11.6 Å². The van der Waals surface area contributed by atoms with E-state index in [1.807, 2.05) is 13.0 Å². The number of aromatic hydroxyl groups is 1. The van der Waals surface area contributed by atoms with Crippen molar-refractivity contribution in [3.63, 3.8) is 0 Å². The number of hydrogen-bond acceptors (Lipinski definition) is 3. The van der Waals surface area contributed by atoms with Crippen molar-refractivity contribution in [3.8, 4) is 11.5 Å². The Morgan fingerprint density at radius 3 is 2.67 bits per heavy atom. The smallest absolute Gasteiger partial charge is 0.303 e. The number of carboxylic acid groups (broad SMARTS) is 1. The summed E-state index contributed by atoms with van der Waals surface area (Å²) in [6.45, 7) is 2.03. The van der Waals surface area contributed by atoms with Gasteiger partial charge in [-0.2, -0.15) is 0 Å². The van der Waals surface area contributed by atoms with Gasteiger partial charge in [0.1, 0.15) is 17.1 Å². The Morgan fingerprint density at radius 2 is 1.96 bits per heavy atom. The standard InChI is InChI=1S/C20H26O4/c1-20(10-8-16(22)23)9-7-14-11-15(21)17-12-3-2-4-13(6-5-12)18(17)19(14)24-20/h11-13,21H,2-10H2,1H3,(H,22,23). The molecule has 2 N–H and O–H groups in total. The lowest BCUT2D eigenvalue weighted by molar-refractivity contribution is -0.138. The second-order valence-electron chi connectivity index (χ2n) is 8.06. The first-order valence-corrected chi connectivity index (χ1v) is 9.26. The Bertz CT molecular complexity index is 677. The van der Waals surface area contributed by atoms with Gasteiger partial charge in [0.05, 0.1) is 0 Å². The third-order valence-corrected chi connectivity index (χ3v) is 6.34. The maximum absolute atomic E-state index is 11.0. The van der Waals surface area contributed by atoms with Crippen LogP contribution < -0.4 is 4.74 Å². The second kappa shape index (κ2) is 5.68. The van der Waals surface area contributed by atoms with Crippen molar-refractivity contribution < 1.29 is 19.7 Å². The molecule has 24 heavy (non-hydrogen) atoms. The minimum atomic E-state index is -0.769. The van der Waals surface area contributed by atoms with Crippen LogP contribution in [0.25, 0.3) is 0 Å². The maximum atomic E-state index is 11.0. The van der Waals surface area contributed by atoms with Gasteiger partial charge in [-0.25, -0.2) is 0 Å². The zero-order valence-electron chi connectivity index (χ0n) is 14.3. The number of carboxylic acids is 1. The minimum Gasteiger partial charge on any atom is -0.508 e. The SMILES string of the molecule is CC1(CCC(=O)O)CCc2cc(O)c3c(c2O1)C1CCCC3CC1. The Balaban J connectivity index is 1.75. The summed E-state index contributed by atoms with van der Waals surface area (Å²) in [5.74, 6) is 1.60. The van der Waals surface area contributed by atoms with Gasteiger partial charge in [-0.05, 0) is 75.3 Å². The van der Waals surface area contributed by atoms with E-state index in [4.69, 9.17) is 9.84 Å². The molecule has 0 spiro atoms. The van der Waals surface area contributed by atoms with Crippen LogP contribution in [0, 0.1) is 0 Å². The number of ether oxygens (including phenoxy) is 1. The number of aliphatic carboxylic acids is 1. The first-order chi connectivity index (χ1) is 11.5. The van der Waals surface area contributed by atoms with Crippen LogP contribution in [0.5, 0.6) is 11.5 Å². The topological polar surface area (TPSA) is 66.8 Å². The molecule has 1 saturated carbocycles. The molecule has 3 aliphatic carbocycles. The number of carbonyl (C=O) groups is 1. The van der Waals surface area contributed by atoms with Crippen LogP contribution in [0.1, 0.15) is 86.8 Å². The lowest BCUT2D eigenvalue weighted by atomic mass is 9.75. The van der Waals surface area contributed by atoms with E-state index in [9.17, 15) is 9.90 Å². The Kier molecular flexibility index (Phi) is 3.74. The molecule has 1 fully saturated rings. The highest BCUT2D eigenvalue weighted by Crippen LogP contribution is 2.56. The van der Waals surface area contributed by atoms with Crippen LogP contribution in [0.2, 0.25) is 0 Å². The summed E-state index contributed by atoms with van der Waals surface area (Å²) in [6, 6.07) is 1.91. The van der Waals surface area contributed by atoms with Crippen molar-refractivity contribution in [1.82, 2.24) is 0 Å². The third kappa shape index (κ3) is 2.56. The molecule has 130 valence electrons. The lowest BCUT2D eigenvalue weighted by Gasteiger charge is -2.40. The van der Waals surface area contributed by atoms with Gasteiger partial charge in [-0.3, -0.25) is 4.79 Å². The first-order valence-electron chi connectivity index (χ1n) is 9.26. The molecular weight excluding hydrogens is 304 g/mol. The van der Waals surface area contributed by atoms with E-state index in [-0.39, 0.29) is 6.42 Å².